The summed E-state index contributed by atoms with van der Waals surface area (Å²) in [7, 11) is 0. The van der Waals surface area contributed by atoms with Crippen LogP contribution in [0, 0.1) is 0 Å². The van der Waals surface area contributed by atoms with E-state index in [0.29, 0.717) is 19.3 Å². The molecule has 372 valence electrons. The molecule has 2 unspecified atom stereocenters. The molecule has 0 saturated carbocycles. The summed E-state index contributed by atoms with van der Waals surface area (Å²) >= 11 is 0. The summed E-state index contributed by atoms with van der Waals surface area (Å²) in [4.78, 5) is 38.7. The van der Waals surface area contributed by atoms with E-state index in [2.05, 4.69) is 32.9 Å². The third-order valence-corrected chi connectivity index (χ3v) is 12.8. The molecule has 0 saturated heterocycles. The first-order valence-electron chi connectivity index (χ1n) is 28.1. The van der Waals surface area contributed by atoms with Crippen LogP contribution in [0.1, 0.15) is 317 Å². The number of esters is 3. The van der Waals surface area contributed by atoms with Gasteiger partial charge in [0.2, 0.25) is 0 Å². The van der Waals surface area contributed by atoms with Crippen molar-refractivity contribution in [2.75, 3.05) is 6.61 Å². The fourth-order valence-corrected chi connectivity index (χ4v) is 8.54. The number of rotatable bonds is 51. The molecular weight excluding hydrogens is 781 g/mol. The highest BCUT2D eigenvalue weighted by atomic mass is 16.6. The summed E-state index contributed by atoms with van der Waals surface area (Å²) in [6.45, 7) is 8.58. The molecule has 6 nitrogen and oxygen atoms in total. The average molecular weight is 889 g/mol. The number of unbranched alkanes of at least 4 members (excludes halogenated alkanes) is 38. The van der Waals surface area contributed by atoms with Crippen LogP contribution < -0.4 is 0 Å². The molecule has 0 spiro atoms. The molecule has 0 amide bonds. The summed E-state index contributed by atoms with van der Waals surface area (Å²) in [6, 6.07) is 0. The zero-order valence-corrected chi connectivity index (χ0v) is 42.8. The maximum Gasteiger partial charge on any atom is 0.347 e. The van der Waals surface area contributed by atoms with E-state index in [1.807, 2.05) is 0 Å². The Bertz CT molecular complexity index is 993. The van der Waals surface area contributed by atoms with E-state index in [1.165, 1.54) is 199 Å². The molecule has 0 aromatic rings. The molecule has 0 aliphatic rings. The smallest absolute Gasteiger partial charge is 0.347 e. The van der Waals surface area contributed by atoms with Gasteiger partial charge in [-0.3, -0.25) is 9.59 Å². The van der Waals surface area contributed by atoms with E-state index in [-0.39, 0.29) is 18.5 Å². The second-order valence-electron chi connectivity index (χ2n) is 19.3. The number of allylic oxidation sites excluding steroid dienone is 2. The van der Waals surface area contributed by atoms with Crippen LogP contribution in [0.4, 0.5) is 0 Å². The van der Waals surface area contributed by atoms with Crippen molar-refractivity contribution in [1.29, 1.82) is 0 Å². The van der Waals surface area contributed by atoms with Gasteiger partial charge < -0.3 is 14.2 Å². The normalized spacial score (nSPS) is 12.5. The Labute approximate surface area is 392 Å². The van der Waals surface area contributed by atoms with Crippen LogP contribution in [0.25, 0.3) is 0 Å². The molecule has 6 heteroatoms. The van der Waals surface area contributed by atoms with Crippen molar-refractivity contribution >= 4 is 17.9 Å². The van der Waals surface area contributed by atoms with Gasteiger partial charge in [0.1, 0.15) is 12.7 Å². The number of carbonyl (C=O) groups is 3. The van der Waals surface area contributed by atoms with Gasteiger partial charge in [0.25, 0.3) is 0 Å². The van der Waals surface area contributed by atoms with Gasteiger partial charge in [-0.15, -0.1) is 0 Å². The molecule has 0 rings (SSSR count). The molecule has 0 heterocycles. The number of hydrogen-bond donors (Lipinski definition) is 0. The molecule has 0 aliphatic carbocycles. The molecule has 0 aliphatic heterocycles. The zero-order chi connectivity index (χ0) is 45.9. The van der Waals surface area contributed by atoms with Gasteiger partial charge in [-0.2, -0.15) is 0 Å². The van der Waals surface area contributed by atoms with Crippen molar-refractivity contribution in [2.45, 2.75) is 329 Å². The highest BCUT2D eigenvalue weighted by Gasteiger charge is 2.26. The summed E-state index contributed by atoms with van der Waals surface area (Å²) in [5.74, 6) is -1.08. The van der Waals surface area contributed by atoms with Crippen LogP contribution in [0.3, 0.4) is 0 Å². The van der Waals surface area contributed by atoms with Crippen molar-refractivity contribution in [1.82, 2.24) is 0 Å². The predicted octanol–water partition coefficient (Wildman–Crippen LogP) is 18.5. The van der Waals surface area contributed by atoms with Crippen LogP contribution in [0.15, 0.2) is 12.2 Å². The van der Waals surface area contributed by atoms with Gasteiger partial charge in [0.05, 0.1) is 0 Å². The summed E-state index contributed by atoms with van der Waals surface area (Å²) in [5.41, 5.74) is 0. The maximum atomic E-state index is 13.3. The van der Waals surface area contributed by atoms with Crippen molar-refractivity contribution in [3.05, 3.63) is 12.2 Å². The topological polar surface area (TPSA) is 78.9 Å². The van der Waals surface area contributed by atoms with Gasteiger partial charge in [-0.25, -0.2) is 4.79 Å². The quantitative estimate of drug-likeness (QED) is 0.0262. The Morgan fingerprint density at radius 2 is 0.667 bits per heavy atom. The Balaban J connectivity index is 4.40. The zero-order valence-electron chi connectivity index (χ0n) is 42.8. The molecule has 2 atom stereocenters. The lowest BCUT2D eigenvalue weighted by atomic mass is 10.0. The monoisotopic (exact) mass is 889 g/mol. The van der Waals surface area contributed by atoms with Crippen LogP contribution >= 0.6 is 0 Å². The van der Waals surface area contributed by atoms with E-state index in [1.54, 1.807) is 6.92 Å². The standard InChI is InChI=1S/C57H108O6/c1-5-8-11-14-17-20-23-26-29-32-35-38-41-44-47-50-55(58)61-52-53(4)62-57(60)54(49-46-43-40-37-34-31-28-25-22-19-16-13-10-7-3)63-56(59)51-48-45-42-39-36-33-30-27-24-21-18-15-12-9-6-2/h28,31,53-54H,5-27,29-30,32-52H2,1-4H3/b31-28-. The second-order valence-corrected chi connectivity index (χ2v) is 19.3. The largest absolute Gasteiger partial charge is 0.462 e. The van der Waals surface area contributed by atoms with Gasteiger partial charge in [-0.05, 0) is 58.3 Å². The highest BCUT2D eigenvalue weighted by Crippen LogP contribution is 2.18. The number of hydrogen-bond acceptors (Lipinski definition) is 6. The highest BCUT2D eigenvalue weighted by molar-refractivity contribution is 5.79. The second kappa shape index (κ2) is 51.1. The van der Waals surface area contributed by atoms with E-state index >= 15 is 0 Å². The molecule has 0 aromatic heterocycles. The minimum atomic E-state index is -0.912. The van der Waals surface area contributed by atoms with Gasteiger partial charge in [0, 0.05) is 12.8 Å². The molecule has 0 bridgehead atoms. The molecule has 63 heavy (non-hydrogen) atoms. The molecule has 0 fully saturated rings. The van der Waals surface area contributed by atoms with Crippen LogP contribution in [-0.2, 0) is 28.6 Å². The Hall–Kier alpha value is -1.85. The van der Waals surface area contributed by atoms with Crippen LogP contribution in [0.2, 0.25) is 0 Å². The van der Waals surface area contributed by atoms with Crippen molar-refractivity contribution < 1.29 is 28.6 Å². The van der Waals surface area contributed by atoms with Crippen molar-refractivity contribution in [3.63, 3.8) is 0 Å². The molecule has 0 aromatic carbocycles. The maximum absolute atomic E-state index is 13.3. The summed E-state index contributed by atoms with van der Waals surface area (Å²) in [6.07, 6.45) is 57.1. The molecular formula is C57H108O6. The summed E-state index contributed by atoms with van der Waals surface area (Å²) < 4.78 is 16.9. The fourth-order valence-electron chi connectivity index (χ4n) is 8.54. The Morgan fingerprint density at radius 3 is 1.03 bits per heavy atom. The minimum absolute atomic E-state index is 0.0233. The molecule has 0 N–H and O–H groups in total. The van der Waals surface area contributed by atoms with Gasteiger partial charge in [0.15, 0.2) is 6.10 Å². The van der Waals surface area contributed by atoms with E-state index in [9.17, 15) is 14.4 Å². The first kappa shape index (κ1) is 61.1. The molecule has 0 radical (unpaired) electrons. The van der Waals surface area contributed by atoms with Crippen molar-refractivity contribution in [2.24, 2.45) is 0 Å². The van der Waals surface area contributed by atoms with Crippen molar-refractivity contribution in [3.8, 4) is 0 Å². The lowest BCUT2D eigenvalue weighted by Gasteiger charge is -2.20. The van der Waals surface area contributed by atoms with Crippen LogP contribution in [0.5, 0.6) is 0 Å². The number of ether oxygens (including phenoxy) is 3. The SMILES string of the molecule is CCCCCCCC/C=C\CCCCCCC(OC(=O)CCCCCCCCCCCCCCCCC)C(=O)OC(C)COC(=O)CCCCCCCCCCCCCCCCC. The lowest BCUT2D eigenvalue weighted by molar-refractivity contribution is -0.174. The van der Waals surface area contributed by atoms with Gasteiger partial charge >= 0.3 is 17.9 Å². The van der Waals surface area contributed by atoms with E-state index < -0.39 is 18.2 Å². The third kappa shape index (κ3) is 47.9. The minimum Gasteiger partial charge on any atom is -0.462 e. The lowest BCUT2D eigenvalue weighted by Crippen LogP contribution is -2.33. The predicted molar refractivity (Wildman–Crippen MR) is 270 cm³/mol. The van der Waals surface area contributed by atoms with E-state index in [4.69, 9.17) is 14.2 Å². The van der Waals surface area contributed by atoms with E-state index in [0.717, 1.165) is 70.6 Å². The summed E-state index contributed by atoms with van der Waals surface area (Å²) in [5, 5.41) is 0. The Morgan fingerprint density at radius 1 is 0.365 bits per heavy atom. The number of carbonyl (C=O) groups excluding carboxylic acids is 3. The Kier molecular flexibility index (Phi) is 49.6. The first-order valence-corrected chi connectivity index (χ1v) is 28.1. The third-order valence-electron chi connectivity index (χ3n) is 12.8. The fraction of sp³-hybridized carbons (Fsp3) is 0.912. The van der Waals surface area contributed by atoms with Gasteiger partial charge in [-0.1, -0.05) is 258 Å². The van der Waals surface area contributed by atoms with Crippen LogP contribution in [-0.4, -0.2) is 36.7 Å². The average Bonchev–Trinajstić information content (AvgIpc) is 3.27. The first-order chi connectivity index (χ1) is 30.9.